The molecule has 2 aromatic heterocycles. The lowest BCUT2D eigenvalue weighted by atomic mass is 10.1. The van der Waals surface area contributed by atoms with Crippen LogP contribution in [0.3, 0.4) is 0 Å². The van der Waals surface area contributed by atoms with E-state index in [0.29, 0.717) is 12.1 Å². The Kier molecular flexibility index (Phi) is 4.94. The van der Waals surface area contributed by atoms with Crippen LogP contribution in [0.1, 0.15) is 53.6 Å². The lowest BCUT2D eigenvalue weighted by Gasteiger charge is -2.31. The van der Waals surface area contributed by atoms with Crippen LogP contribution in [-0.4, -0.2) is 45.7 Å². The molecule has 1 amide bonds. The zero-order valence-electron chi connectivity index (χ0n) is 14.2. The predicted octanol–water partition coefficient (Wildman–Crippen LogP) is 2.82. The normalized spacial score (nSPS) is 18.4. The highest BCUT2D eigenvalue weighted by Gasteiger charge is 2.38. The van der Waals surface area contributed by atoms with Crippen LogP contribution in [0.4, 0.5) is 13.2 Å². The zero-order valence-corrected chi connectivity index (χ0v) is 14.2. The Balaban J connectivity index is 1.80. The molecule has 1 saturated heterocycles. The van der Waals surface area contributed by atoms with E-state index in [1.807, 2.05) is 13.8 Å². The number of rotatable bonds is 3. The highest BCUT2D eigenvalue weighted by atomic mass is 19.4. The van der Waals surface area contributed by atoms with Gasteiger partial charge in [-0.1, -0.05) is 13.8 Å². The predicted molar refractivity (Wildman–Crippen MR) is 82.2 cm³/mol. The highest BCUT2D eigenvalue weighted by molar-refractivity contribution is 5.95. The number of halogens is 3. The van der Waals surface area contributed by atoms with Gasteiger partial charge in [0.25, 0.3) is 5.91 Å². The van der Waals surface area contributed by atoms with Crippen LogP contribution in [0.25, 0.3) is 0 Å². The number of alkyl halides is 3. The van der Waals surface area contributed by atoms with Gasteiger partial charge < -0.3 is 14.1 Å². The molecule has 1 aliphatic heterocycles. The van der Waals surface area contributed by atoms with E-state index >= 15 is 0 Å². The first-order valence-corrected chi connectivity index (χ1v) is 8.02. The monoisotopic (exact) mass is 370 g/mol. The molecular weight excluding hydrogens is 353 g/mol. The van der Waals surface area contributed by atoms with Gasteiger partial charge in [0.2, 0.25) is 11.8 Å². The molecule has 3 heterocycles. The van der Waals surface area contributed by atoms with Gasteiger partial charge in [-0.25, -0.2) is 0 Å². The second-order valence-corrected chi connectivity index (χ2v) is 6.16. The van der Waals surface area contributed by atoms with Crippen molar-refractivity contribution in [1.82, 2.24) is 20.1 Å². The number of amides is 1. The van der Waals surface area contributed by atoms with E-state index in [-0.39, 0.29) is 31.5 Å². The van der Waals surface area contributed by atoms with E-state index in [2.05, 4.69) is 15.2 Å². The smallest absolute Gasteiger partial charge is 0.418 e. The van der Waals surface area contributed by atoms with E-state index < -0.39 is 29.3 Å². The first-order chi connectivity index (χ1) is 12.3. The van der Waals surface area contributed by atoms with Crippen LogP contribution >= 0.6 is 0 Å². The van der Waals surface area contributed by atoms with Crippen molar-refractivity contribution in [3.8, 4) is 0 Å². The molecule has 10 heteroatoms. The molecule has 1 unspecified atom stereocenters. The lowest BCUT2D eigenvalue weighted by molar-refractivity contribution is -0.138. The minimum absolute atomic E-state index is 0.0260. The van der Waals surface area contributed by atoms with E-state index in [1.165, 1.54) is 4.90 Å². The summed E-state index contributed by atoms with van der Waals surface area (Å²) < 4.78 is 50.4. The quantitative estimate of drug-likeness (QED) is 0.826. The third-order valence-electron chi connectivity index (χ3n) is 3.94. The Morgan fingerprint density at radius 2 is 2.12 bits per heavy atom. The highest BCUT2D eigenvalue weighted by Crippen LogP contribution is 2.32. The van der Waals surface area contributed by atoms with Crippen molar-refractivity contribution >= 4 is 5.91 Å². The lowest BCUT2D eigenvalue weighted by Crippen LogP contribution is -2.43. The van der Waals surface area contributed by atoms with Crippen molar-refractivity contribution in [3.05, 3.63) is 41.4 Å². The summed E-state index contributed by atoms with van der Waals surface area (Å²) in [6, 6.07) is 1.07. The Morgan fingerprint density at radius 1 is 1.35 bits per heavy atom. The molecule has 1 atom stereocenters. The van der Waals surface area contributed by atoms with Crippen molar-refractivity contribution in [1.29, 1.82) is 0 Å². The standard InChI is InChI=1S/C16H17F3N4O3/c1-9(2)13-21-22-14(26-13)12-8-23(5-6-25-12)15(24)10-3-4-20-7-11(10)16(17,18)19/h3-4,7,9,12H,5-6,8H2,1-2H3. The van der Waals surface area contributed by atoms with Gasteiger partial charge in [0.15, 0.2) is 6.10 Å². The van der Waals surface area contributed by atoms with Crippen molar-refractivity contribution < 1.29 is 27.1 Å². The molecule has 0 saturated carbocycles. The minimum Gasteiger partial charge on any atom is -0.422 e. The van der Waals surface area contributed by atoms with Crippen molar-refractivity contribution in [3.63, 3.8) is 0 Å². The van der Waals surface area contributed by atoms with E-state index in [0.717, 1.165) is 12.3 Å². The molecule has 0 radical (unpaired) electrons. The number of morpholine rings is 1. The largest absolute Gasteiger partial charge is 0.422 e. The summed E-state index contributed by atoms with van der Waals surface area (Å²) >= 11 is 0. The second kappa shape index (κ2) is 7.02. The number of nitrogens with zero attached hydrogens (tertiary/aromatic N) is 4. The van der Waals surface area contributed by atoms with Crippen molar-refractivity contribution in [2.24, 2.45) is 0 Å². The summed E-state index contributed by atoms with van der Waals surface area (Å²) in [5.74, 6) is -0.0714. The fourth-order valence-electron chi connectivity index (χ4n) is 2.57. The maximum Gasteiger partial charge on any atom is 0.418 e. The first kappa shape index (κ1) is 18.3. The van der Waals surface area contributed by atoms with Crippen molar-refractivity contribution in [2.45, 2.75) is 32.0 Å². The van der Waals surface area contributed by atoms with E-state index in [4.69, 9.17) is 9.15 Å². The maximum atomic E-state index is 13.1. The third kappa shape index (κ3) is 3.69. The van der Waals surface area contributed by atoms with E-state index in [1.54, 1.807) is 0 Å². The summed E-state index contributed by atoms with van der Waals surface area (Å²) in [5.41, 5.74) is -1.51. The summed E-state index contributed by atoms with van der Waals surface area (Å²) in [6.07, 6.45) is -3.53. The third-order valence-corrected chi connectivity index (χ3v) is 3.94. The summed E-state index contributed by atoms with van der Waals surface area (Å²) in [4.78, 5) is 17.4. The summed E-state index contributed by atoms with van der Waals surface area (Å²) in [6.45, 7) is 4.12. The Morgan fingerprint density at radius 3 is 2.77 bits per heavy atom. The molecule has 1 aliphatic rings. The number of hydrogen-bond donors (Lipinski definition) is 0. The van der Waals surface area contributed by atoms with Gasteiger partial charge in [-0.05, 0) is 6.07 Å². The molecule has 26 heavy (non-hydrogen) atoms. The molecule has 2 aromatic rings. The number of ether oxygens (including phenoxy) is 1. The second-order valence-electron chi connectivity index (χ2n) is 6.16. The number of carbonyl (C=O) groups excluding carboxylic acids is 1. The zero-order chi connectivity index (χ0) is 18.9. The minimum atomic E-state index is -4.66. The van der Waals surface area contributed by atoms with Gasteiger partial charge in [-0.15, -0.1) is 10.2 Å². The molecule has 140 valence electrons. The number of pyridine rings is 1. The van der Waals surface area contributed by atoms with Gasteiger partial charge in [0, 0.05) is 24.9 Å². The van der Waals surface area contributed by atoms with Crippen LogP contribution in [0.2, 0.25) is 0 Å². The van der Waals surface area contributed by atoms with Gasteiger partial charge in [0.05, 0.1) is 24.3 Å². The van der Waals surface area contributed by atoms with Crippen LogP contribution in [0.5, 0.6) is 0 Å². The number of aromatic nitrogens is 3. The molecule has 0 N–H and O–H groups in total. The average molecular weight is 370 g/mol. The van der Waals surface area contributed by atoms with Gasteiger partial charge in [-0.3, -0.25) is 9.78 Å². The Hall–Kier alpha value is -2.49. The number of hydrogen-bond acceptors (Lipinski definition) is 6. The summed E-state index contributed by atoms with van der Waals surface area (Å²) in [7, 11) is 0. The molecule has 0 aromatic carbocycles. The molecule has 0 bridgehead atoms. The van der Waals surface area contributed by atoms with Crippen molar-refractivity contribution in [2.75, 3.05) is 19.7 Å². The van der Waals surface area contributed by atoms with Crippen LogP contribution in [0.15, 0.2) is 22.9 Å². The fraction of sp³-hybridized carbons (Fsp3) is 0.500. The van der Waals surface area contributed by atoms with Gasteiger partial charge in [-0.2, -0.15) is 13.2 Å². The molecular formula is C16H17F3N4O3. The van der Waals surface area contributed by atoms with E-state index in [9.17, 15) is 18.0 Å². The SMILES string of the molecule is CC(C)c1nnc(C2CN(C(=O)c3ccncc3C(F)(F)F)CCO2)o1. The number of carbonyl (C=O) groups is 1. The van der Waals surface area contributed by atoms with Crippen LogP contribution in [-0.2, 0) is 10.9 Å². The average Bonchev–Trinajstić information content (AvgIpc) is 3.11. The van der Waals surface area contributed by atoms with Crippen LogP contribution < -0.4 is 0 Å². The first-order valence-electron chi connectivity index (χ1n) is 8.02. The van der Waals surface area contributed by atoms with Crippen LogP contribution in [0, 0.1) is 0 Å². The molecule has 0 aliphatic carbocycles. The molecule has 0 spiro atoms. The Bertz CT molecular complexity index is 791. The fourth-order valence-corrected chi connectivity index (χ4v) is 2.57. The molecule has 3 rings (SSSR count). The molecule has 1 fully saturated rings. The maximum absolute atomic E-state index is 13.1. The topological polar surface area (TPSA) is 81.4 Å². The summed E-state index contributed by atoms with van der Waals surface area (Å²) in [5, 5.41) is 7.82. The van der Waals surface area contributed by atoms with Gasteiger partial charge in [0.1, 0.15) is 0 Å². The van der Waals surface area contributed by atoms with Gasteiger partial charge >= 0.3 is 6.18 Å². The Labute approximate surface area is 147 Å². The molecule has 7 nitrogen and oxygen atoms in total.